The van der Waals surface area contributed by atoms with Gasteiger partial charge >= 0.3 is 0 Å². The number of para-hydroxylation sites is 1. The standard InChI is InChI=1S/C20H14N.C5H5.Fe/c1-2-10-16(11-3-1)20-14-18(15-8-4-5-9-15)17-12-6-7-13-19(17)21-20;1-2-4-5-3-1;/h1-14H;1-5H;. The van der Waals surface area contributed by atoms with Crippen molar-refractivity contribution in [3.63, 3.8) is 0 Å². The number of allylic oxidation sites excluding steroid dienone is 8. The van der Waals surface area contributed by atoms with Crippen molar-refractivity contribution in [2.24, 2.45) is 0 Å². The Morgan fingerprint density at radius 3 is 2.07 bits per heavy atom. The maximum Gasteiger partial charge on any atom is 0.0715 e. The van der Waals surface area contributed by atoms with Gasteiger partial charge in [0.1, 0.15) is 0 Å². The van der Waals surface area contributed by atoms with E-state index in [2.05, 4.69) is 61.0 Å². The van der Waals surface area contributed by atoms with Crippen LogP contribution in [0.4, 0.5) is 0 Å². The predicted molar refractivity (Wildman–Crippen MR) is 111 cm³/mol. The van der Waals surface area contributed by atoms with Crippen molar-refractivity contribution < 1.29 is 17.1 Å². The molecule has 0 atom stereocenters. The molecule has 5 rings (SSSR count). The first kappa shape index (κ1) is 19.1. The van der Waals surface area contributed by atoms with Gasteiger partial charge in [-0.2, -0.15) is 0 Å². The van der Waals surface area contributed by atoms with Gasteiger partial charge in [0.2, 0.25) is 0 Å². The number of pyridine rings is 1. The van der Waals surface area contributed by atoms with Crippen LogP contribution >= 0.6 is 0 Å². The first-order valence-electron chi connectivity index (χ1n) is 8.76. The molecule has 132 valence electrons. The smallest absolute Gasteiger partial charge is 0.0715 e. The average Bonchev–Trinajstić information content (AvgIpc) is 3.44. The number of rotatable bonds is 2. The van der Waals surface area contributed by atoms with Crippen molar-refractivity contribution >= 4 is 16.5 Å². The average molecular weight is 389 g/mol. The van der Waals surface area contributed by atoms with Crippen LogP contribution in [0.15, 0.2) is 103 Å². The van der Waals surface area contributed by atoms with E-state index in [0.29, 0.717) is 0 Å². The molecule has 0 unspecified atom stereocenters. The Morgan fingerprint density at radius 1 is 0.667 bits per heavy atom. The summed E-state index contributed by atoms with van der Waals surface area (Å²) in [6, 6.07) is 20.8. The van der Waals surface area contributed by atoms with Crippen molar-refractivity contribution in [3.05, 3.63) is 122 Å². The van der Waals surface area contributed by atoms with Crippen LogP contribution in [0.25, 0.3) is 27.7 Å². The maximum atomic E-state index is 4.82. The van der Waals surface area contributed by atoms with Gasteiger partial charge in [0.05, 0.1) is 11.2 Å². The number of benzene rings is 2. The van der Waals surface area contributed by atoms with Crippen molar-refractivity contribution in [1.82, 2.24) is 4.98 Å². The van der Waals surface area contributed by atoms with E-state index in [1.807, 2.05) is 55.0 Å². The van der Waals surface area contributed by atoms with Crippen molar-refractivity contribution in [2.75, 3.05) is 0 Å². The van der Waals surface area contributed by atoms with Crippen LogP contribution in [0.5, 0.6) is 0 Å². The second kappa shape index (κ2) is 9.32. The minimum atomic E-state index is 0. The molecule has 0 saturated heterocycles. The number of aromatic nitrogens is 1. The number of hydrogen-bond donors (Lipinski definition) is 0. The van der Waals surface area contributed by atoms with Gasteiger partial charge < -0.3 is 0 Å². The molecular formula is C25H19FeN. The van der Waals surface area contributed by atoms with Crippen LogP contribution in [0.1, 0.15) is 5.56 Å². The fourth-order valence-electron chi connectivity index (χ4n) is 3.05. The quantitative estimate of drug-likeness (QED) is 0.464. The summed E-state index contributed by atoms with van der Waals surface area (Å²) in [4.78, 5) is 4.82. The first-order chi connectivity index (χ1) is 12.9. The summed E-state index contributed by atoms with van der Waals surface area (Å²) in [5, 5.41) is 1.20. The summed E-state index contributed by atoms with van der Waals surface area (Å²) in [7, 11) is 0. The fraction of sp³-hybridized carbons (Fsp3) is 0. The zero-order chi connectivity index (χ0) is 17.6. The van der Waals surface area contributed by atoms with Crippen LogP contribution in [0, 0.1) is 12.8 Å². The van der Waals surface area contributed by atoms with Crippen LogP contribution in [0.3, 0.4) is 0 Å². The molecule has 1 aromatic heterocycles. The molecule has 3 aromatic rings. The third-order valence-electron chi connectivity index (χ3n) is 4.31. The van der Waals surface area contributed by atoms with Crippen LogP contribution in [-0.2, 0) is 17.1 Å². The Bertz CT molecular complexity index is 1020. The van der Waals surface area contributed by atoms with Crippen LogP contribution < -0.4 is 0 Å². The molecule has 0 aliphatic heterocycles. The van der Waals surface area contributed by atoms with E-state index in [1.165, 1.54) is 16.5 Å². The van der Waals surface area contributed by atoms with E-state index in [4.69, 9.17) is 4.98 Å². The molecule has 0 amide bonds. The molecule has 0 spiro atoms. The van der Waals surface area contributed by atoms with Gasteiger partial charge in [0.15, 0.2) is 0 Å². The number of fused-ring (bicyclic) bond motifs is 1. The number of nitrogens with zero attached hydrogens (tertiary/aromatic N) is 1. The van der Waals surface area contributed by atoms with Gasteiger partial charge in [0, 0.05) is 40.9 Å². The van der Waals surface area contributed by atoms with Crippen molar-refractivity contribution in [3.8, 4) is 11.3 Å². The van der Waals surface area contributed by atoms with E-state index in [0.717, 1.165) is 16.8 Å². The molecule has 27 heavy (non-hydrogen) atoms. The zero-order valence-corrected chi connectivity index (χ0v) is 15.9. The van der Waals surface area contributed by atoms with Crippen molar-refractivity contribution in [1.29, 1.82) is 0 Å². The predicted octanol–water partition coefficient (Wildman–Crippen LogP) is 6.37. The van der Waals surface area contributed by atoms with Gasteiger partial charge in [-0.1, -0.05) is 91.1 Å². The van der Waals surface area contributed by atoms with Gasteiger partial charge in [-0.3, -0.25) is 0 Å². The van der Waals surface area contributed by atoms with Crippen LogP contribution in [0.2, 0.25) is 0 Å². The second-order valence-corrected chi connectivity index (χ2v) is 6.07. The Balaban J connectivity index is 0.000000306. The van der Waals surface area contributed by atoms with Gasteiger partial charge in [-0.05, 0) is 23.3 Å². The van der Waals surface area contributed by atoms with Gasteiger partial charge in [0.25, 0.3) is 0 Å². The van der Waals surface area contributed by atoms with Gasteiger partial charge in [-0.25, -0.2) is 4.98 Å². The Hall–Kier alpha value is -2.67. The zero-order valence-electron chi connectivity index (χ0n) is 14.8. The maximum absolute atomic E-state index is 4.82. The molecule has 2 aliphatic carbocycles. The largest absolute Gasteiger partial charge is 0.248 e. The monoisotopic (exact) mass is 389 g/mol. The first-order valence-corrected chi connectivity index (χ1v) is 8.76. The normalized spacial score (nSPS) is 13.9. The molecule has 0 N–H and O–H groups in total. The minimum absolute atomic E-state index is 0. The van der Waals surface area contributed by atoms with Gasteiger partial charge in [-0.15, -0.1) is 0 Å². The van der Waals surface area contributed by atoms with Crippen LogP contribution in [-0.4, -0.2) is 4.98 Å². The molecule has 1 nitrogen and oxygen atoms in total. The SMILES string of the molecule is [CH]1C=CC(c2cc(-c3ccccc3)nc3ccccc23)=C1.[CH]1C=CC=C1.[Fe]. The third-order valence-corrected chi connectivity index (χ3v) is 4.31. The molecule has 2 radical (unpaired) electrons. The number of hydrogen-bond acceptors (Lipinski definition) is 1. The fourth-order valence-corrected chi connectivity index (χ4v) is 3.05. The van der Waals surface area contributed by atoms with E-state index in [-0.39, 0.29) is 17.1 Å². The summed E-state index contributed by atoms with van der Waals surface area (Å²) in [6.45, 7) is 0. The Morgan fingerprint density at radius 2 is 1.41 bits per heavy atom. The molecule has 0 fully saturated rings. The molecule has 0 saturated carbocycles. The topological polar surface area (TPSA) is 12.9 Å². The summed E-state index contributed by atoms with van der Waals surface area (Å²) in [6.07, 6.45) is 18.5. The van der Waals surface area contributed by atoms with E-state index >= 15 is 0 Å². The molecule has 0 bridgehead atoms. The molecular weight excluding hydrogens is 370 g/mol. The molecule has 2 aliphatic rings. The molecule has 2 aromatic carbocycles. The summed E-state index contributed by atoms with van der Waals surface area (Å²) < 4.78 is 0. The second-order valence-electron chi connectivity index (χ2n) is 6.07. The Labute approximate surface area is 171 Å². The Kier molecular flexibility index (Phi) is 6.59. The van der Waals surface area contributed by atoms with Crippen molar-refractivity contribution in [2.45, 2.75) is 0 Å². The van der Waals surface area contributed by atoms with E-state index < -0.39 is 0 Å². The summed E-state index contributed by atoms with van der Waals surface area (Å²) in [5.74, 6) is 0. The molecule has 2 heteroatoms. The minimum Gasteiger partial charge on any atom is -0.248 e. The van der Waals surface area contributed by atoms with E-state index in [9.17, 15) is 0 Å². The third kappa shape index (κ3) is 4.54. The summed E-state index contributed by atoms with van der Waals surface area (Å²) in [5.41, 5.74) is 5.69. The summed E-state index contributed by atoms with van der Waals surface area (Å²) >= 11 is 0. The molecule has 1 heterocycles. The van der Waals surface area contributed by atoms with E-state index in [1.54, 1.807) is 0 Å².